The lowest BCUT2D eigenvalue weighted by Gasteiger charge is -2.15. The van der Waals surface area contributed by atoms with Crippen LogP contribution < -0.4 is 0 Å². The molecule has 6 heteroatoms. The molecule has 2 rings (SSSR count). The van der Waals surface area contributed by atoms with Crippen LogP contribution in [0.1, 0.15) is 28.4 Å². The van der Waals surface area contributed by atoms with Crippen molar-refractivity contribution in [1.82, 2.24) is 0 Å². The van der Waals surface area contributed by atoms with E-state index in [1.165, 1.54) is 17.4 Å². The standard InChI is InChI=1S/C13H10BrF3OS/c1-7-4-9(13(15,16)17)2-3-10(7)12(18)8-5-11(14)19-6-8/h2-6,12,18H,1H3. The SMILES string of the molecule is Cc1cc(C(F)(F)F)ccc1C(O)c1csc(Br)c1. The third kappa shape index (κ3) is 3.19. The van der Waals surface area contributed by atoms with Gasteiger partial charge in [0.25, 0.3) is 0 Å². The van der Waals surface area contributed by atoms with Crippen molar-refractivity contribution < 1.29 is 18.3 Å². The van der Waals surface area contributed by atoms with Crippen LogP contribution in [0, 0.1) is 6.92 Å². The molecule has 0 aliphatic rings. The van der Waals surface area contributed by atoms with E-state index in [0.29, 0.717) is 16.7 Å². The first-order valence-corrected chi connectivity index (χ1v) is 7.06. The lowest BCUT2D eigenvalue weighted by atomic mass is 9.97. The van der Waals surface area contributed by atoms with Crippen LogP contribution in [0.15, 0.2) is 33.4 Å². The Morgan fingerprint density at radius 3 is 2.42 bits per heavy atom. The van der Waals surface area contributed by atoms with Crippen molar-refractivity contribution in [3.8, 4) is 0 Å². The molecule has 0 spiro atoms. The molecule has 1 aromatic carbocycles. The molecular weight excluding hydrogens is 341 g/mol. The molecule has 0 bridgehead atoms. The second-order valence-electron chi connectivity index (χ2n) is 4.16. The van der Waals surface area contributed by atoms with Gasteiger partial charge in [-0.3, -0.25) is 0 Å². The summed E-state index contributed by atoms with van der Waals surface area (Å²) in [5, 5.41) is 12.0. The Morgan fingerprint density at radius 1 is 1.26 bits per heavy atom. The molecule has 1 heterocycles. The third-order valence-electron chi connectivity index (χ3n) is 2.80. The highest BCUT2D eigenvalue weighted by atomic mass is 79.9. The number of hydrogen-bond acceptors (Lipinski definition) is 2. The first kappa shape index (κ1) is 14.6. The number of benzene rings is 1. The largest absolute Gasteiger partial charge is 0.416 e. The zero-order chi connectivity index (χ0) is 14.2. The molecule has 1 atom stereocenters. The van der Waals surface area contributed by atoms with Crippen LogP contribution in [0.5, 0.6) is 0 Å². The quantitative estimate of drug-likeness (QED) is 0.814. The molecular formula is C13H10BrF3OS. The van der Waals surface area contributed by atoms with Gasteiger partial charge in [0, 0.05) is 0 Å². The number of halogens is 4. The van der Waals surface area contributed by atoms with E-state index >= 15 is 0 Å². The van der Waals surface area contributed by atoms with E-state index in [-0.39, 0.29) is 0 Å². The van der Waals surface area contributed by atoms with E-state index in [1.54, 1.807) is 18.4 Å². The summed E-state index contributed by atoms with van der Waals surface area (Å²) in [6.07, 6.45) is -5.27. The fraction of sp³-hybridized carbons (Fsp3) is 0.231. The average molecular weight is 351 g/mol. The maximum atomic E-state index is 12.6. The van der Waals surface area contributed by atoms with Crippen molar-refractivity contribution in [2.24, 2.45) is 0 Å². The van der Waals surface area contributed by atoms with E-state index in [2.05, 4.69) is 15.9 Å². The minimum absolute atomic E-state index is 0.421. The van der Waals surface area contributed by atoms with Crippen molar-refractivity contribution in [1.29, 1.82) is 0 Å². The van der Waals surface area contributed by atoms with Crippen molar-refractivity contribution in [3.63, 3.8) is 0 Å². The van der Waals surface area contributed by atoms with Gasteiger partial charge in [-0.25, -0.2) is 0 Å². The molecule has 1 aromatic heterocycles. The highest BCUT2D eigenvalue weighted by Crippen LogP contribution is 2.34. The lowest BCUT2D eigenvalue weighted by molar-refractivity contribution is -0.137. The summed E-state index contributed by atoms with van der Waals surface area (Å²) in [5.74, 6) is 0. The molecule has 0 fully saturated rings. The summed E-state index contributed by atoms with van der Waals surface area (Å²) >= 11 is 4.71. The zero-order valence-electron chi connectivity index (χ0n) is 9.83. The van der Waals surface area contributed by atoms with Gasteiger partial charge in [-0.05, 0) is 63.1 Å². The Balaban J connectivity index is 2.36. The first-order valence-electron chi connectivity index (χ1n) is 5.39. The van der Waals surface area contributed by atoms with Gasteiger partial charge in [0.05, 0.1) is 9.35 Å². The fourth-order valence-corrected chi connectivity index (χ4v) is 3.00. The maximum absolute atomic E-state index is 12.6. The molecule has 19 heavy (non-hydrogen) atoms. The van der Waals surface area contributed by atoms with Crippen LogP contribution in [-0.4, -0.2) is 5.11 Å². The highest BCUT2D eigenvalue weighted by molar-refractivity contribution is 9.11. The predicted octanol–water partition coefficient (Wildman–Crippen LogP) is 4.92. The monoisotopic (exact) mass is 350 g/mol. The topological polar surface area (TPSA) is 20.2 Å². The molecule has 0 aliphatic carbocycles. The Kier molecular flexibility index (Phi) is 4.03. The van der Waals surface area contributed by atoms with E-state index < -0.39 is 17.8 Å². The summed E-state index contributed by atoms with van der Waals surface area (Å²) in [4.78, 5) is 0. The molecule has 102 valence electrons. The molecule has 1 N–H and O–H groups in total. The summed E-state index contributed by atoms with van der Waals surface area (Å²) in [6.45, 7) is 1.56. The van der Waals surface area contributed by atoms with Crippen LogP contribution in [0.25, 0.3) is 0 Å². The minimum atomic E-state index is -4.36. The van der Waals surface area contributed by atoms with E-state index in [4.69, 9.17) is 0 Å². The molecule has 1 nitrogen and oxygen atoms in total. The van der Waals surface area contributed by atoms with E-state index in [9.17, 15) is 18.3 Å². The molecule has 1 unspecified atom stereocenters. The van der Waals surface area contributed by atoms with Crippen molar-refractivity contribution in [2.45, 2.75) is 19.2 Å². The number of alkyl halides is 3. The summed E-state index contributed by atoms with van der Waals surface area (Å²) in [5.41, 5.74) is 0.870. The Morgan fingerprint density at radius 2 is 1.95 bits per heavy atom. The number of aliphatic hydroxyl groups is 1. The Hall–Kier alpha value is -0.850. The van der Waals surface area contributed by atoms with Gasteiger partial charge >= 0.3 is 6.18 Å². The maximum Gasteiger partial charge on any atom is 0.416 e. The van der Waals surface area contributed by atoms with Gasteiger partial charge in [-0.1, -0.05) is 6.07 Å². The second kappa shape index (κ2) is 5.26. The number of hydrogen-bond donors (Lipinski definition) is 1. The van der Waals surface area contributed by atoms with Crippen LogP contribution in [0.4, 0.5) is 13.2 Å². The van der Waals surface area contributed by atoms with Gasteiger partial charge in [0.15, 0.2) is 0 Å². The number of rotatable bonds is 2. The van der Waals surface area contributed by atoms with Crippen LogP contribution >= 0.6 is 27.3 Å². The van der Waals surface area contributed by atoms with E-state index in [1.807, 2.05) is 0 Å². The summed E-state index contributed by atoms with van der Waals surface area (Å²) < 4.78 is 38.5. The molecule has 0 amide bonds. The smallest absolute Gasteiger partial charge is 0.384 e. The van der Waals surface area contributed by atoms with Crippen LogP contribution in [0.3, 0.4) is 0 Å². The van der Waals surface area contributed by atoms with Gasteiger partial charge in [-0.2, -0.15) is 13.2 Å². The predicted molar refractivity (Wildman–Crippen MR) is 72.3 cm³/mol. The number of aryl methyl sites for hydroxylation is 1. The molecule has 2 aromatic rings. The Bertz CT molecular complexity index is 592. The minimum Gasteiger partial charge on any atom is -0.384 e. The van der Waals surface area contributed by atoms with Gasteiger partial charge in [0.2, 0.25) is 0 Å². The average Bonchev–Trinajstić information content (AvgIpc) is 2.73. The van der Waals surface area contributed by atoms with Crippen molar-refractivity contribution in [3.05, 3.63) is 55.7 Å². The second-order valence-corrected chi connectivity index (χ2v) is 6.45. The molecule has 0 saturated heterocycles. The van der Waals surface area contributed by atoms with Gasteiger partial charge < -0.3 is 5.11 Å². The first-order chi connectivity index (χ1) is 8.79. The number of aliphatic hydroxyl groups excluding tert-OH is 1. The van der Waals surface area contributed by atoms with E-state index in [0.717, 1.165) is 15.9 Å². The van der Waals surface area contributed by atoms with Crippen molar-refractivity contribution >= 4 is 27.3 Å². The summed E-state index contributed by atoms with van der Waals surface area (Å²) in [6, 6.07) is 5.13. The highest BCUT2D eigenvalue weighted by Gasteiger charge is 2.31. The fourth-order valence-electron chi connectivity index (χ4n) is 1.81. The normalized spacial score (nSPS) is 13.6. The lowest BCUT2D eigenvalue weighted by Crippen LogP contribution is -2.07. The van der Waals surface area contributed by atoms with Gasteiger partial charge in [0.1, 0.15) is 6.10 Å². The van der Waals surface area contributed by atoms with Crippen molar-refractivity contribution in [2.75, 3.05) is 0 Å². The molecule has 0 saturated carbocycles. The molecule has 0 radical (unpaired) electrons. The van der Waals surface area contributed by atoms with Crippen LogP contribution in [0.2, 0.25) is 0 Å². The zero-order valence-corrected chi connectivity index (χ0v) is 12.2. The third-order valence-corrected chi connectivity index (χ3v) is 4.32. The number of thiophene rings is 1. The summed E-state index contributed by atoms with van der Waals surface area (Å²) in [7, 11) is 0. The van der Waals surface area contributed by atoms with Crippen LogP contribution in [-0.2, 0) is 6.18 Å². The molecule has 0 aliphatic heterocycles. The Labute approximate surface area is 120 Å². The van der Waals surface area contributed by atoms with Gasteiger partial charge in [-0.15, -0.1) is 11.3 Å².